The van der Waals surface area contributed by atoms with E-state index in [2.05, 4.69) is 0 Å². The molecule has 0 aliphatic heterocycles. The van der Waals surface area contributed by atoms with Gasteiger partial charge in [-0.3, -0.25) is 9.59 Å². The molecule has 1 aliphatic rings. The van der Waals surface area contributed by atoms with Crippen LogP contribution in [-0.4, -0.2) is 47.9 Å². The lowest BCUT2D eigenvalue weighted by atomic mass is 9.76. The number of carbonyl (C=O) groups is 2. The molecule has 7 heteroatoms. The topological polar surface area (TPSA) is 125 Å². The highest BCUT2D eigenvalue weighted by atomic mass is 16.6. The number of carbonyl (C=O) groups excluding carboxylic acids is 2. The number of esters is 1. The number of primary amides is 1. The Balaban J connectivity index is 3.04. The molecule has 0 bridgehead atoms. The fourth-order valence-electron chi connectivity index (χ4n) is 3.32. The number of rotatable bonds is 7. The van der Waals surface area contributed by atoms with Gasteiger partial charge in [0, 0.05) is 13.2 Å². The Morgan fingerprint density at radius 1 is 1.17 bits per heavy atom. The molecule has 5 N–H and O–H groups in total. The number of aliphatic hydroxyl groups excluding tert-OH is 1. The van der Waals surface area contributed by atoms with Crippen LogP contribution >= 0.6 is 0 Å². The third kappa shape index (κ3) is 5.72. The molecule has 7 nitrogen and oxygen atoms in total. The van der Waals surface area contributed by atoms with Gasteiger partial charge in [0.25, 0.3) is 0 Å². The predicted octanol–water partition coefficient (Wildman–Crippen LogP) is 0.713. The molecule has 0 heterocycles. The van der Waals surface area contributed by atoms with Crippen LogP contribution in [0.15, 0.2) is 0 Å². The van der Waals surface area contributed by atoms with Crippen LogP contribution in [0.1, 0.15) is 52.9 Å². The SMILES string of the molecule is COC(C(N)=O)C(O)C(C(=O)OC(C)(C)C)C(N)C1CCCCC1. The van der Waals surface area contributed by atoms with Gasteiger partial charge in [0.1, 0.15) is 17.6 Å². The summed E-state index contributed by atoms with van der Waals surface area (Å²) in [6.45, 7) is 5.22. The van der Waals surface area contributed by atoms with E-state index in [1.165, 1.54) is 7.11 Å². The van der Waals surface area contributed by atoms with Crippen molar-refractivity contribution < 1.29 is 24.2 Å². The number of ether oxygens (including phenoxy) is 2. The number of aliphatic hydroxyl groups is 1. The minimum absolute atomic E-state index is 0.0938. The monoisotopic (exact) mass is 344 g/mol. The summed E-state index contributed by atoms with van der Waals surface area (Å²) in [5, 5.41) is 10.6. The van der Waals surface area contributed by atoms with E-state index in [4.69, 9.17) is 20.9 Å². The molecule has 24 heavy (non-hydrogen) atoms. The molecule has 4 unspecified atom stereocenters. The Morgan fingerprint density at radius 2 is 1.71 bits per heavy atom. The summed E-state index contributed by atoms with van der Waals surface area (Å²) in [5.41, 5.74) is 10.9. The maximum Gasteiger partial charge on any atom is 0.313 e. The average Bonchev–Trinajstić information content (AvgIpc) is 2.46. The van der Waals surface area contributed by atoms with Gasteiger partial charge in [-0.25, -0.2) is 0 Å². The molecule has 0 aromatic heterocycles. The molecule has 140 valence electrons. The van der Waals surface area contributed by atoms with E-state index in [9.17, 15) is 14.7 Å². The van der Waals surface area contributed by atoms with Gasteiger partial charge in [-0.05, 0) is 39.5 Å². The first kappa shape index (κ1) is 20.9. The van der Waals surface area contributed by atoms with E-state index in [1.54, 1.807) is 20.8 Å². The van der Waals surface area contributed by atoms with Crippen molar-refractivity contribution in [2.75, 3.05) is 7.11 Å². The highest BCUT2D eigenvalue weighted by molar-refractivity contribution is 5.82. The van der Waals surface area contributed by atoms with Crippen LogP contribution in [0.4, 0.5) is 0 Å². The average molecular weight is 344 g/mol. The number of hydrogen-bond donors (Lipinski definition) is 3. The zero-order valence-electron chi connectivity index (χ0n) is 15.2. The molecule has 1 rings (SSSR count). The van der Waals surface area contributed by atoms with Gasteiger partial charge in [-0.15, -0.1) is 0 Å². The maximum atomic E-state index is 12.7. The molecule has 1 amide bonds. The summed E-state index contributed by atoms with van der Waals surface area (Å²) in [5.74, 6) is -2.44. The Labute approximate surface area is 144 Å². The quantitative estimate of drug-likeness (QED) is 0.584. The fraction of sp³-hybridized carbons (Fsp3) is 0.882. The lowest BCUT2D eigenvalue weighted by Gasteiger charge is -2.37. The standard InChI is InChI=1S/C17H32N2O5/c1-17(2,3)24-16(22)11(13(20)14(23-4)15(19)21)12(18)10-8-6-5-7-9-10/h10-14,20H,5-9,18H2,1-4H3,(H2,19,21). The first-order valence-electron chi connectivity index (χ1n) is 8.57. The molecule has 0 saturated heterocycles. The predicted molar refractivity (Wildman–Crippen MR) is 89.9 cm³/mol. The zero-order valence-corrected chi connectivity index (χ0v) is 15.2. The second kappa shape index (κ2) is 8.78. The van der Waals surface area contributed by atoms with Crippen molar-refractivity contribution in [2.24, 2.45) is 23.3 Å². The number of amides is 1. The summed E-state index contributed by atoms with van der Waals surface area (Å²) >= 11 is 0. The van der Waals surface area contributed by atoms with Crippen LogP contribution in [0.25, 0.3) is 0 Å². The van der Waals surface area contributed by atoms with Crippen LogP contribution in [0.5, 0.6) is 0 Å². The normalized spacial score (nSPS) is 21.6. The van der Waals surface area contributed by atoms with Crippen LogP contribution in [0, 0.1) is 11.8 Å². The van der Waals surface area contributed by atoms with Gasteiger partial charge in [0.15, 0.2) is 6.10 Å². The molecular weight excluding hydrogens is 312 g/mol. The highest BCUT2D eigenvalue weighted by Crippen LogP contribution is 2.31. The van der Waals surface area contributed by atoms with Gasteiger partial charge in [0.2, 0.25) is 5.91 Å². The summed E-state index contributed by atoms with van der Waals surface area (Å²) < 4.78 is 10.4. The summed E-state index contributed by atoms with van der Waals surface area (Å²) in [4.78, 5) is 24.2. The first-order valence-corrected chi connectivity index (χ1v) is 8.57. The smallest absolute Gasteiger partial charge is 0.313 e. The van der Waals surface area contributed by atoms with Gasteiger partial charge < -0.3 is 26.0 Å². The van der Waals surface area contributed by atoms with Crippen molar-refractivity contribution in [1.29, 1.82) is 0 Å². The van der Waals surface area contributed by atoms with Crippen LogP contribution < -0.4 is 11.5 Å². The van der Waals surface area contributed by atoms with Crippen molar-refractivity contribution in [3.63, 3.8) is 0 Å². The highest BCUT2D eigenvalue weighted by Gasteiger charge is 2.44. The number of methoxy groups -OCH3 is 1. The lowest BCUT2D eigenvalue weighted by Crippen LogP contribution is -2.55. The Kier molecular flexibility index (Phi) is 7.63. The lowest BCUT2D eigenvalue weighted by molar-refractivity contribution is -0.171. The summed E-state index contributed by atoms with van der Waals surface area (Å²) in [6.07, 6.45) is 2.25. The minimum atomic E-state index is -1.45. The Bertz CT molecular complexity index is 429. The Hall–Kier alpha value is -1.18. The zero-order chi connectivity index (χ0) is 18.5. The fourth-order valence-corrected chi connectivity index (χ4v) is 3.32. The van der Waals surface area contributed by atoms with Gasteiger partial charge >= 0.3 is 5.97 Å². The van der Waals surface area contributed by atoms with Gasteiger partial charge in [0.05, 0.1) is 0 Å². The van der Waals surface area contributed by atoms with Gasteiger partial charge in [-0.1, -0.05) is 19.3 Å². The molecule has 0 aromatic carbocycles. The molecule has 1 saturated carbocycles. The first-order chi connectivity index (χ1) is 11.1. The van der Waals surface area contributed by atoms with Crippen LogP contribution in [0.2, 0.25) is 0 Å². The second-order valence-electron chi connectivity index (χ2n) is 7.58. The van der Waals surface area contributed by atoms with E-state index < -0.39 is 41.6 Å². The van der Waals surface area contributed by atoms with E-state index in [0.29, 0.717) is 0 Å². The van der Waals surface area contributed by atoms with E-state index >= 15 is 0 Å². The molecule has 0 aromatic rings. The summed E-state index contributed by atoms with van der Waals surface area (Å²) in [6, 6.07) is -0.618. The Morgan fingerprint density at radius 3 is 2.12 bits per heavy atom. The van der Waals surface area contributed by atoms with Crippen molar-refractivity contribution in [3.05, 3.63) is 0 Å². The van der Waals surface area contributed by atoms with Crippen LogP contribution in [-0.2, 0) is 19.1 Å². The molecular formula is C17H32N2O5. The third-order valence-corrected chi connectivity index (χ3v) is 4.50. The van der Waals surface area contributed by atoms with Crippen LogP contribution in [0.3, 0.4) is 0 Å². The molecule has 0 spiro atoms. The van der Waals surface area contributed by atoms with E-state index in [1.807, 2.05) is 0 Å². The van der Waals surface area contributed by atoms with E-state index in [-0.39, 0.29) is 5.92 Å². The van der Waals surface area contributed by atoms with Crippen molar-refractivity contribution in [1.82, 2.24) is 0 Å². The minimum Gasteiger partial charge on any atom is -0.460 e. The van der Waals surface area contributed by atoms with Crippen molar-refractivity contribution in [3.8, 4) is 0 Å². The molecule has 1 fully saturated rings. The maximum absolute atomic E-state index is 12.7. The number of nitrogens with two attached hydrogens (primary N) is 2. The van der Waals surface area contributed by atoms with Crippen molar-refractivity contribution >= 4 is 11.9 Å². The molecule has 4 atom stereocenters. The van der Waals surface area contributed by atoms with Gasteiger partial charge in [-0.2, -0.15) is 0 Å². The van der Waals surface area contributed by atoms with E-state index in [0.717, 1.165) is 32.1 Å². The van der Waals surface area contributed by atoms with Crippen molar-refractivity contribution in [2.45, 2.75) is 76.7 Å². The largest absolute Gasteiger partial charge is 0.460 e. The molecule has 1 aliphatic carbocycles. The second-order valence-corrected chi connectivity index (χ2v) is 7.58. The molecule has 0 radical (unpaired) electrons. The number of hydrogen-bond acceptors (Lipinski definition) is 6. The summed E-state index contributed by atoms with van der Waals surface area (Å²) in [7, 11) is 1.26. The third-order valence-electron chi connectivity index (χ3n) is 4.50.